The van der Waals surface area contributed by atoms with Crippen molar-refractivity contribution in [1.82, 2.24) is 20.4 Å². The second-order valence-electron chi connectivity index (χ2n) is 5.95. The molecule has 2 aliphatic heterocycles. The summed E-state index contributed by atoms with van der Waals surface area (Å²) < 4.78 is 5.36. The van der Waals surface area contributed by atoms with Gasteiger partial charge in [0.1, 0.15) is 0 Å². The van der Waals surface area contributed by atoms with E-state index in [0.29, 0.717) is 5.92 Å². The van der Waals surface area contributed by atoms with Gasteiger partial charge in [-0.3, -0.25) is 4.90 Å². The molecule has 2 saturated heterocycles. The van der Waals surface area contributed by atoms with E-state index in [1.165, 1.54) is 38.8 Å². The maximum absolute atomic E-state index is 5.36. The van der Waals surface area contributed by atoms with Crippen LogP contribution in [0.1, 0.15) is 43.3 Å². The van der Waals surface area contributed by atoms with Crippen molar-refractivity contribution in [2.75, 3.05) is 19.6 Å². The lowest BCUT2D eigenvalue weighted by Crippen LogP contribution is -2.43. The summed E-state index contributed by atoms with van der Waals surface area (Å²) >= 11 is 0. The molecule has 2 atom stereocenters. The largest absolute Gasteiger partial charge is 0.338 e. The number of nitrogens with one attached hydrogen (secondary N) is 1. The molecule has 2 unspecified atom stereocenters. The van der Waals surface area contributed by atoms with E-state index in [0.717, 1.165) is 36.8 Å². The van der Waals surface area contributed by atoms with Gasteiger partial charge in [-0.2, -0.15) is 4.98 Å². The van der Waals surface area contributed by atoms with Crippen molar-refractivity contribution in [2.45, 2.75) is 44.2 Å². The molecule has 0 amide bonds. The minimum atomic E-state index is 0. The molecule has 6 heteroatoms. The maximum atomic E-state index is 5.36. The molecule has 3 fully saturated rings. The molecule has 1 saturated carbocycles. The summed E-state index contributed by atoms with van der Waals surface area (Å²) in [7, 11) is 0. The number of nitrogens with zero attached hydrogens (tertiary/aromatic N) is 3. The van der Waals surface area contributed by atoms with Crippen LogP contribution < -0.4 is 5.32 Å². The van der Waals surface area contributed by atoms with Gasteiger partial charge in [0, 0.05) is 25.0 Å². The molecule has 1 aliphatic carbocycles. The summed E-state index contributed by atoms with van der Waals surface area (Å²) in [4.78, 5) is 6.99. The van der Waals surface area contributed by atoms with E-state index in [1.807, 2.05) is 0 Å². The summed E-state index contributed by atoms with van der Waals surface area (Å²) in [6.45, 7) is 4.35. The number of hydrogen-bond donors (Lipinski definition) is 1. The van der Waals surface area contributed by atoms with Crippen LogP contribution in [0.3, 0.4) is 0 Å². The topological polar surface area (TPSA) is 54.2 Å². The third-order valence-electron chi connectivity index (χ3n) is 4.52. The van der Waals surface area contributed by atoms with Gasteiger partial charge >= 0.3 is 0 Å². The van der Waals surface area contributed by atoms with Crippen molar-refractivity contribution in [3.8, 4) is 0 Å². The second kappa shape index (κ2) is 5.38. The first kappa shape index (κ1) is 13.3. The van der Waals surface area contributed by atoms with E-state index in [1.54, 1.807) is 0 Å². The lowest BCUT2D eigenvalue weighted by Gasteiger charge is -2.33. The van der Waals surface area contributed by atoms with Gasteiger partial charge in [-0.15, -0.1) is 12.4 Å². The highest BCUT2D eigenvalue weighted by atomic mass is 35.5. The van der Waals surface area contributed by atoms with Gasteiger partial charge in [0.05, 0.1) is 6.54 Å². The number of fused-ring (bicyclic) bond motifs is 1. The molecule has 1 aromatic heterocycles. The molecule has 19 heavy (non-hydrogen) atoms. The van der Waals surface area contributed by atoms with E-state index in [-0.39, 0.29) is 12.4 Å². The average molecular weight is 285 g/mol. The lowest BCUT2D eigenvalue weighted by molar-refractivity contribution is 0.140. The van der Waals surface area contributed by atoms with Crippen molar-refractivity contribution < 1.29 is 4.52 Å². The number of aromatic nitrogens is 2. The van der Waals surface area contributed by atoms with Gasteiger partial charge in [-0.25, -0.2) is 0 Å². The molecule has 0 bridgehead atoms. The molecule has 0 aromatic carbocycles. The molecule has 3 heterocycles. The summed E-state index contributed by atoms with van der Waals surface area (Å²) in [5.41, 5.74) is 0. The van der Waals surface area contributed by atoms with Gasteiger partial charge in [-0.1, -0.05) is 5.16 Å². The Morgan fingerprint density at radius 2 is 2.16 bits per heavy atom. The van der Waals surface area contributed by atoms with Crippen molar-refractivity contribution >= 4 is 12.4 Å². The molecule has 0 spiro atoms. The lowest BCUT2D eigenvalue weighted by atomic mass is 9.93. The quantitative estimate of drug-likeness (QED) is 0.913. The van der Waals surface area contributed by atoms with E-state index < -0.39 is 0 Å². The highest BCUT2D eigenvalue weighted by Crippen LogP contribution is 2.38. The Labute approximate surface area is 119 Å². The van der Waals surface area contributed by atoms with Gasteiger partial charge in [-0.05, 0) is 38.1 Å². The molecular weight excluding hydrogens is 264 g/mol. The van der Waals surface area contributed by atoms with Crippen molar-refractivity contribution in [3.05, 3.63) is 11.7 Å². The van der Waals surface area contributed by atoms with Crippen LogP contribution >= 0.6 is 12.4 Å². The number of likely N-dealkylation sites (tertiary alicyclic amines) is 1. The minimum absolute atomic E-state index is 0. The molecule has 1 N–H and O–H groups in total. The first-order chi connectivity index (χ1) is 8.88. The monoisotopic (exact) mass is 284 g/mol. The number of piperidine rings is 1. The Hall–Kier alpha value is -0.650. The third kappa shape index (κ3) is 2.78. The van der Waals surface area contributed by atoms with Crippen molar-refractivity contribution in [2.24, 2.45) is 5.92 Å². The van der Waals surface area contributed by atoms with Crippen LogP contribution in [0.4, 0.5) is 0 Å². The highest BCUT2D eigenvalue weighted by molar-refractivity contribution is 5.85. The summed E-state index contributed by atoms with van der Waals surface area (Å²) in [5, 5.41) is 7.68. The Morgan fingerprint density at radius 3 is 3.00 bits per heavy atom. The average Bonchev–Trinajstić information content (AvgIpc) is 2.95. The fourth-order valence-electron chi connectivity index (χ4n) is 3.30. The summed E-state index contributed by atoms with van der Waals surface area (Å²) in [6, 6.07) is 0.756. The van der Waals surface area contributed by atoms with Gasteiger partial charge in [0.15, 0.2) is 5.82 Å². The Balaban J connectivity index is 0.00000110. The van der Waals surface area contributed by atoms with Crippen LogP contribution in [0.2, 0.25) is 0 Å². The van der Waals surface area contributed by atoms with Crippen LogP contribution in [0.25, 0.3) is 0 Å². The minimum Gasteiger partial charge on any atom is -0.338 e. The zero-order chi connectivity index (χ0) is 11.9. The molecule has 106 valence electrons. The zero-order valence-electron chi connectivity index (χ0n) is 11.0. The normalized spacial score (nSPS) is 30.9. The van der Waals surface area contributed by atoms with Crippen LogP contribution in [0, 0.1) is 5.92 Å². The van der Waals surface area contributed by atoms with Gasteiger partial charge in [0.2, 0.25) is 5.89 Å². The first-order valence-corrected chi connectivity index (χ1v) is 7.17. The number of hydrogen-bond acceptors (Lipinski definition) is 5. The van der Waals surface area contributed by atoms with E-state index in [4.69, 9.17) is 4.52 Å². The Bertz CT molecular complexity index is 434. The van der Waals surface area contributed by atoms with Gasteiger partial charge < -0.3 is 9.84 Å². The summed E-state index contributed by atoms with van der Waals surface area (Å²) in [5.74, 6) is 3.15. The SMILES string of the molecule is C1CC2CN(Cc3nc(C4CC4)no3)CCC2N1.Cl. The predicted octanol–water partition coefficient (Wildman–Crippen LogP) is 1.55. The molecule has 1 aromatic rings. The standard InChI is InChI=1S/C13H20N4O.ClH/c1-2-9(1)13-15-12(18-16-13)8-17-6-4-11-10(7-17)3-5-14-11;/h9-11,14H,1-8H2;1H. The fourth-order valence-corrected chi connectivity index (χ4v) is 3.30. The highest BCUT2D eigenvalue weighted by Gasteiger charge is 2.33. The Kier molecular flexibility index (Phi) is 3.78. The molecule has 4 rings (SSSR count). The van der Waals surface area contributed by atoms with E-state index in [2.05, 4.69) is 20.4 Å². The van der Waals surface area contributed by atoms with Crippen LogP contribution in [-0.2, 0) is 6.54 Å². The van der Waals surface area contributed by atoms with Crippen LogP contribution in [0.15, 0.2) is 4.52 Å². The molecular formula is C13H21ClN4O. The Morgan fingerprint density at radius 1 is 1.26 bits per heavy atom. The second-order valence-corrected chi connectivity index (χ2v) is 5.95. The molecule has 0 radical (unpaired) electrons. The summed E-state index contributed by atoms with van der Waals surface area (Å²) in [6.07, 6.45) is 5.04. The predicted molar refractivity (Wildman–Crippen MR) is 73.3 cm³/mol. The third-order valence-corrected chi connectivity index (χ3v) is 4.52. The maximum Gasteiger partial charge on any atom is 0.240 e. The van der Waals surface area contributed by atoms with Crippen LogP contribution in [-0.4, -0.2) is 40.7 Å². The number of halogens is 1. The van der Waals surface area contributed by atoms with Crippen molar-refractivity contribution in [1.29, 1.82) is 0 Å². The van der Waals surface area contributed by atoms with Crippen LogP contribution in [0.5, 0.6) is 0 Å². The van der Waals surface area contributed by atoms with Crippen molar-refractivity contribution in [3.63, 3.8) is 0 Å². The molecule has 3 aliphatic rings. The number of rotatable bonds is 3. The van der Waals surface area contributed by atoms with E-state index >= 15 is 0 Å². The van der Waals surface area contributed by atoms with E-state index in [9.17, 15) is 0 Å². The first-order valence-electron chi connectivity index (χ1n) is 7.17. The fraction of sp³-hybridized carbons (Fsp3) is 0.846. The smallest absolute Gasteiger partial charge is 0.240 e. The zero-order valence-corrected chi connectivity index (χ0v) is 11.9. The molecule has 5 nitrogen and oxygen atoms in total. The van der Waals surface area contributed by atoms with Gasteiger partial charge in [0.25, 0.3) is 0 Å².